The minimum atomic E-state index is -0.355. The molecule has 2 amide bonds. The molecule has 1 aliphatic heterocycles. The summed E-state index contributed by atoms with van der Waals surface area (Å²) in [5.74, 6) is 0.433. The lowest BCUT2D eigenvalue weighted by Gasteiger charge is -2.14. The Morgan fingerprint density at radius 1 is 0.857 bits per heavy atom. The molecule has 0 saturated heterocycles. The van der Waals surface area contributed by atoms with E-state index in [1.165, 1.54) is 4.90 Å². The van der Waals surface area contributed by atoms with Gasteiger partial charge in [-0.05, 0) is 29.8 Å². The summed E-state index contributed by atoms with van der Waals surface area (Å²) in [6.07, 6.45) is 0. The molecule has 0 bridgehead atoms. The fourth-order valence-corrected chi connectivity index (χ4v) is 2.93. The van der Waals surface area contributed by atoms with Crippen LogP contribution in [0.2, 0.25) is 0 Å². The topological polar surface area (TPSA) is 74.3 Å². The Labute approximate surface area is 163 Å². The van der Waals surface area contributed by atoms with E-state index in [0.29, 0.717) is 36.7 Å². The number of amides is 2. The Hall–Kier alpha value is -2.90. The first-order valence-corrected chi connectivity index (χ1v) is 8.97. The number of ether oxygens (including phenoxy) is 4. The van der Waals surface area contributed by atoms with Gasteiger partial charge >= 0.3 is 0 Å². The van der Waals surface area contributed by atoms with E-state index in [4.69, 9.17) is 18.9 Å². The third-order valence-electron chi connectivity index (χ3n) is 4.38. The summed E-state index contributed by atoms with van der Waals surface area (Å²) in [6.45, 7) is 1.81. The van der Waals surface area contributed by atoms with Crippen LogP contribution >= 0.6 is 0 Å². The number of fused-ring (bicyclic) bond motifs is 1. The van der Waals surface area contributed by atoms with Crippen molar-refractivity contribution in [2.75, 3.05) is 40.6 Å². The van der Waals surface area contributed by atoms with Crippen molar-refractivity contribution in [3.63, 3.8) is 0 Å². The molecule has 1 heterocycles. The summed E-state index contributed by atoms with van der Waals surface area (Å²) < 4.78 is 21.1. The van der Waals surface area contributed by atoms with Crippen molar-refractivity contribution in [3.8, 4) is 11.5 Å². The van der Waals surface area contributed by atoms with Gasteiger partial charge in [0.25, 0.3) is 11.8 Å². The predicted octanol–water partition coefficient (Wildman–Crippen LogP) is 2.53. The van der Waals surface area contributed by atoms with Crippen LogP contribution in [0.25, 0.3) is 0 Å². The fourth-order valence-electron chi connectivity index (χ4n) is 2.93. The third kappa shape index (κ3) is 4.32. The zero-order valence-electron chi connectivity index (χ0n) is 16.0. The maximum atomic E-state index is 12.9. The van der Waals surface area contributed by atoms with Gasteiger partial charge in [-0.15, -0.1) is 0 Å². The molecule has 0 aromatic heterocycles. The maximum absolute atomic E-state index is 12.9. The van der Waals surface area contributed by atoms with Crippen molar-refractivity contribution < 1.29 is 28.5 Å². The van der Waals surface area contributed by atoms with E-state index in [9.17, 15) is 9.59 Å². The molecule has 148 valence electrons. The van der Waals surface area contributed by atoms with Gasteiger partial charge in [0.2, 0.25) is 0 Å². The van der Waals surface area contributed by atoms with Gasteiger partial charge in [0, 0.05) is 7.11 Å². The molecule has 0 radical (unpaired) electrons. The van der Waals surface area contributed by atoms with Crippen molar-refractivity contribution in [2.45, 2.75) is 6.54 Å². The number of benzene rings is 2. The van der Waals surface area contributed by atoms with E-state index >= 15 is 0 Å². The number of imide groups is 1. The molecule has 0 N–H and O–H groups in total. The predicted molar refractivity (Wildman–Crippen MR) is 102 cm³/mol. The van der Waals surface area contributed by atoms with Crippen molar-refractivity contribution in [1.82, 2.24) is 4.90 Å². The Balaban J connectivity index is 1.68. The van der Waals surface area contributed by atoms with Crippen LogP contribution in [0.5, 0.6) is 11.5 Å². The van der Waals surface area contributed by atoms with Crippen LogP contribution in [0.3, 0.4) is 0 Å². The molecular formula is C21H23NO6. The summed E-state index contributed by atoms with van der Waals surface area (Å²) in [4.78, 5) is 26.8. The highest BCUT2D eigenvalue weighted by Gasteiger charge is 2.38. The Morgan fingerprint density at radius 2 is 1.61 bits per heavy atom. The van der Waals surface area contributed by atoms with Crippen LogP contribution in [0.15, 0.2) is 42.5 Å². The highest BCUT2D eigenvalue weighted by atomic mass is 16.5. The summed E-state index contributed by atoms with van der Waals surface area (Å²) in [7, 11) is 3.19. The number of methoxy groups -OCH3 is 2. The maximum Gasteiger partial charge on any atom is 0.265 e. The summed E-state index contributed by atoms with van der Waals surface area (Å²) in [5, 5.41) is 0. The van der Waals surface area contributed by atoms with E-state index in [2.05, 4.69) is 0 Å². The van der Waals surface area contributed by atoms with E-state index in [1.807, 2.05) is 12.1 Å². The second-order valence-corrected chi connectivity index (χ2v) is 6.18. The van der Waals surface area contributed by atoms with Crippen LogP contribution in [-0.2, 0) is 16.0 Å². The van der Waals surface area contributed by atoms with Crippen molar-refractivity contribution in [1.29, 1.82) is 0 Å². The van der Waals surface area contributed by atoms with Gasteiger partial charge in [0.1, 0.15) is 18.1 Å². The molecule has 7 nitrogen and oxygen atoms in total. The molecule has 1 aliphatic rings. The normalized spacial score (nSPS) is 13.0. The molecule has 0 saturated carbocycles. The van der Waals surface area contributed by atoms with Crippen molar-refractivity contribution in [3.05, 3.63) is 59.2 Å². The smallest absolute Gasteiger partial charge is 0.265 e. The first-order chi connectivity index (χ1) is 13.7. The molecule has 2 aromatic carbocycles. The van der Waals surface area contributed by atoms with Crippen LogP contribution in [-0.4, -0.2) is 57.4 Å². The average Bonchev–Trinajstić information content (AvgIpc) is 2.96. The molecule has 3 rings (SSSR count). The molecular weight excluding hydrogens is 362 g/mol. The zero-order valence-corrected chi connectivity index (χ0v) is 16.0. The fraction of sp³-hybridized carbons (Fsp3) is 0.333. The van der Waals surface area contributed by atoms with Crippen molar-refractivity contribution in [2.24, 2.45) is 0 Å². The average molecular weight is 385 g/mol. The number of carbonyl (C=O) groups is 2. The largest absolute Gasteiger partial charge is 0.497 e. The van der Waals surface area contributed by atoms with E-state index in [-0.39, 0.29) is 25.0 Å². The number of carbonyl (C=O) groups excluding carboxylic acids is 2. The number of nitrogens with zero attached hydrogens (tertiary/aromatic N) is 1. The van der Waals surface area contributed by atoms with Gasteiger partial charge in [0.05, 0.1) is 44.6 Å². The van der Waals surface area contributed by atoms with E-state index < -0.39 is 0 Å². The first kappa shape index (κ1) is 19.9. The Bertz CT molecular complexity index is 833. The summed E-state index contributed by atoms with van der Waals surface area (Å²) in [6, 6.07) is 12.3. The van der Waals surface area contributed by atoms with Gasteiger partial charge in [-0.2, -0.15) is 0 Å². The van der Waals surface area contributed by atoms with Crippen LogP contribution in [0, 0.1) is 0 Å². The minimum absolute atomic E-state index is 0.190. The minimum Gasteiger partial charge on any atom is -0.497 e. The molecule has 2 aromatic rings. The number of hydrogen-bond acceptors (Lipinski definition) is 6. The third-order valence-corrected chi connectivity index (χ3v) is 4.38. The summed E-state index contributed by atoms with van der Waals surface area (Å²) >= 11 is 0. The van der Waals surface area contributed by atoms with Crippen molar-refractivity contribution >= 4 is 11.8 Å². The van der Waals surface area contributed by atoms with E-state index in [1.54, 1.807) is 44.6 Å². The van der Waals surface area contributed by atoms with Gasteiger partial charge in [0.15, 0.2) is 0 Å². The van der Waals surface area contributed by atoms with E-state index in [0.717, 1.165) is 11.3 Å². The quantitative estimate of drug-likeness (QED) is 0.462. The van der Waals surface area contributed by atoms with Crippen LogP contribution in [0.4, 0.5) is 0 Å². The second-order valence-electron chi connectivity index (χ2n) is 6.18. The molecule has 0 aliphatic carbocycles. The van der Waals surface area contributed by atoms with Crippen LogP contribution < -0.4 is 9.47 Å². The molecule has 7 heteroatoms. The standard InChI is InChI=1S/C21H23NO6/c1-25-10-11-27-12-13-28-18-5-3-4-17-19(18)21(24)22(20(17)23)14-15-6-8-16(26-2)9-7-15/h3-9H,10-14H2,1-2H3. The lowest BCUT2D eigenvalue weighted by Crippen LogP contribution is -2.29. The van der Waals surface area contributed by atoms with Gasteiger partial charge in [-0.3, -0.25) is 14.5 Å². The number of hydrogen-bond donors (Lipinski definition) is 0. The van der Waals surface area contributed by atoms with Gasteiger partial charge < -0.3 is 18.9 Å². The zero-order chi connectivity index (χ0) is 19.9. The second kappa shape index (κ2) is 9.34. The molecule has 0 atom stereocenters. The SMILES string of the molecule is COCCOCCOc1cccc2c1C(=O)N(Cc1ccc(OC)cc1)C2=O. The molecule has 0 spiro atoms. The Kier molecular flexibility index (Phi) is 6.62. The van der Waals surface area contributed by atoms with Gasteiger partial charge in [-0.1, -0.05) is 18.2 Å². The molecule has 0 fully saturated rings. The number of rotatable bonds is 10. The van der Waals surface area contributed by atoms with Gasteiger partial charge in [-0.25, -0.2) is 0 Å². The highest BCUT2D eigenvalue weighted by Crippen LogP contribution is 2.32. The van der Waals surface area contributed by atoms with Crippen LogP contribution in [0.1, 0.15) is 26.3 Å². The first-order valence-electron chi connectivity index (χ1n) is 8.97. The summed E-state index contributed by atoms with van der Waals surface area (Å²) in [5.41, 5.74) is 1.50. The Morgan fingerprint density at radius 3 is 2.32 bits per heavy atom. The molecule has 28 heavy (non-hydrogen) atoms. The lowest BCUT2D eigenvalue weighted by atomic mass is 10.1. The highest BCUT2D eigenvalue weighted by molar-refractivity contribution is 6.22. The monoisotopic (exact) mass is 385 g/mol. The lowest BCUT2D eigenvalue weighted by molar-refractivity contribution is 0.0539. The molecule has 0 unspecified atom stereocenters.